The van der Waals surface area contributed by atoms with E-state index in [4.69, 9.17) is 4.74 Å². The number of nitrogens with zero attached hydrogens (tertiary/aromatic N) is 1. The van der Waals surface area contributed by atoms with Crippen LogP contribution >= 0.6 is 11.3 Å². The molecule has 0 bridgehead atoms. The third-order valence-electron chi connectivity index (χ3n) is 3.39. The standard InChI is InChI=1S/C17H17NO2S/c1-11(19)15-8-7-13-5-3-4-6-16(13)17(15)20-10-14-9-18-12(2)21-14/h3-9,11,19H,10H2,1-2H3/t11-/m1/s1. The van der Waals surface area contributed by atoms with Crippen LogP contribution in [0.15, 0.2) is 42.6 Å². The van der Waals surface area contributed by atoms with Gasteiger partial charge in [-0.2, -0.15) is 0 Å². The number of rotatable bonds is 4. The summed E-state index contributed by atoms with van der Waals surface area (Å²) < 4.78 is 6.02. The van der Waals surface area contributed by atoms with E-state index in [0.717, 1.165) is 32.0 Å². The van der Waals surface area contributed by atoms with E-state index < -0.39 is 6.10 Å². The van der Waals surface area contributed by atoms with Gasteiger partial charge in [0.05, 0.1) is 16.0 Å². The minimum absolute atomic E-state index is 0.471. The molecule has 108 valence electrons. The van der Waals surface area contributed by atoms with Crippen LogP contribution < -0.4 is 4.74 Å². The van der Waals surface area contributed by atoms with Gasteiger partial charge in [-0.05, 0) is 19.2 Å². The molecule has 0 unspecified atom stereocenters. The molecule has 3 rings (SSSR count). The van der Waals surface area contributed by atoms with Gasteiger partial charge in [-0.15, -0.1) is 11.3 Å². The number of aryl methyl sites for hydroxylation is 1. The highest BCUT2D eigenvalue weighted by atomic mass is 32.1. The number of aliphatic hydroxyl groups excluding tert-OH is 1. The van der Waals surface area contributed by atoms with Gasteiger partial charge in [-0.3, -0.25) is 0 Å². The smallest absolute Gasteiger partial charge is 0.133 e. The topological polar surface area (TPSA) is 42.4 Å². The van der Waals surface area contributed by atoms with Crippen molar-refractivity contribution in [2.75, 3.05) is 0 Å². The molecule has 3 nitrogen and oxygen atoms in total. The first kappa shape index (κ1) is 14.0. The second-order valence-corrected chi connectivity index (χ2v) is 6.33. The van der Waals surface area contributed by atoms with Gasteiger partial charge in [-0.1, -0.05) is 36.4 Å². The molecule has 1 N–H and O–H groups in total. The first-order chi connectivity index (χ1) is 10.1. The van der Waals surface area contributed by atoms with Crippen LogP contribution in [-0.4, -0.2) is 10.1 Å². The van der Waals surface area contributed by atoms with Crippen molar-refractivity contribution in [1.29, 1.82) is 0 Å². The van der Waals surface area contributed by atoms with Gasteiger partial charge in [0.15, 0.2) is 0 Å². The van der Waals surface area contributed by atoms with Gasteiger partial charge in [0.2, 0.25) is 0 Å². The fraction of sp³-hybridized carbons (Fsp3) is 0.235. The molecule has 0 saturated heterocycles. The summed E-state index contributed by atoms with van der Waals surface area (Å²) in [5.74, 6) is 0.758. The average Bonchev–Trinajstić information content (AvgIpc) is 2.90. The molecule has 21 heavy (non-hydrogen) atoms. The van der Waals surface area contributed by atoms with Gasteiger partial charge in [0.25, 0.3) is 0 Å². The minimum Gasteiger partial charge on any atom is -0.487 e. The molecule has 0 fully saturated rings. The Kier molecular flexibility index (Phi) is 3.90. The lowest BCUT2D eigenvalue weighted by Gasteiger charge is -2.15. The fourth-order valence-corrected chi connectivity index (χ4v) is 3.07. The fourth-order valence-electron chi connectivity index (χ4n) is 2.37. The maximum absolute atomic E-state index is 9.98. The molecule has 0 saturated carbocycles. The maximum atomic E-state index is 9.98. The van der Waals surface area contributed by atoms with Crippen molar-refractivity contribution in [3.05, 3.63) is 58.0 Å². The summed E-state index contributed by atoms with van der Waals surface area (Å²) in [6, 6.07) is 12.0. The van der Waals surface area contributed by atoms with E-state index in [1.807, 2.05) is 49.5 Å². The summed E-state index contributed by atoms with van der Waals surface area (Å²) in [4.78, 5) is 5.32. The summed E-state index contributed by atoms with van der Waals surface area (Å²) in [6.07, 6.45) is 1.28. The second-order valence-electron chi connectivity index (χ2n) is 5.02. The van der Waals surface area contributed by atoms with Crippen LogP contribution in [0.5, 0.6) is 5.75 Å². The monoisotopic (exact) mass is 299 g/mol. The third-order valence-corrected chi connectivity index (χ3v) is 4.27. The Bertz CT molecular complexity index is 764. The molecular formula is C17H17NO2S. The van der Waals surface area contributed by atoms with Crippen molar-refractivity contribution in [3.8, 4) is 5.75 Å². The summed E-state index contributed by atoms with van der Waals surface area (Å²) in [7, 11) is 0. The molecular weight excluding hydrogens is 282 g/mol. The molecule has 1 atom stereocenters. The zero-order chi connectivity index (χ0) is 14.8. The van der Waals surface area contributed by atoms with E-state index in [1.165, 1.54) is 0 Å². The molecule has 0 aliphatic heterocycles. The molecule has 1 heterocycles. The van der Waals surface area contributed by atoms with Crippen molar-refractivity contribution in [3.63, 3.8) is 0 Å². The van der Waals surface area contributed by atoms with Crippen LogP contribution in [0, 0.1) is 6.92 Å². The normalized spacial score (nSPS) is 12.5. The Labute approximate surface area is 127 Å². The molecule has 4 heteroatoms. The van der Waals surface area contributed by atoms with Crippen LogP contribution in [0.1, 0.15) is 28.5 Å². The molecule has 0 amide bonds. The number of benzene rings is 2. The number of aliphatic hydroxyl groups is 1. The van der Waals surface area contributed by atoms with Crippen molar-refractivity contribution >= 4 is 22.1 Å². The number of fused-ring (bicyclic) bond motifs is 1. The highest BCUT2D eigenvalue weighted by Crippen LogP contribution is 2.34. The summed E-state index contributed by atoms with van der Waals surface area (Å²) in [5, 5.41) is 13.1. The van der Waals surface area contributed by atoms with Crippen LogP contribution in [0.25, 0.3) is 10.8 Å². The molecule has 0 radical (unpaired) electrons. The predicted molar refractivity (Wildman–Crippen MR) is 85.8 cm³/mol. The van der Waals surface area contributed by atoms with Gasteiger partial charge < -0.3 is 9.84 Å². The van der Waals surface area contributed by atoms with E-state index >= 15 is 0 Å². The zero-order valence-electron chi connectivity index (χ0n) is 12.0. The highest BCUT2D eigenvalue weighted by molar-refractivity contribution is 7.11. The SMILES string of the molecule is Cc1ncc(COc2c([C@@H](C)O)ccc3ccccc23)s1. The van der Waals surface area contributed by atoms with Gasteiger partial charge in [0.1, 0.15) is 12.4 Å². The maximum Gasteiger partial charge on any atom is 0.133 e. The Morgan fingerprint density at radius 3 is 2.76 bits per heavy atom. The molecule has 0 spiro atoms. The zero-order valence-corrected chi connectivity index (χ0v) is 12.9. The van der Waals surface area contributed by atoms with E-state index in [0.29, 0.717) is 6.61 Å². The summed E-state index contributed by atoms with van der Waals surface area (Å²) in [6.45, 7) is 4.21. The minimum atomic E-state index is -0.562. The Morgan fingerprint density at radius 1 is 1.24 bits per heavy atom. The van der Waals surface area contributed by atoms with Crippen LogP contribution in [-0.2, 0) is 6.61 Å². The van der Waals surface area contributed by atoms with Crippen molar-refractivity contribution < 1.29 is 9.84 Å². The van der Waals surface area contributed by atoms with Gasteiger partial charge >= 0.3 is 0 Å². The number of thiazole rings is 1. The summed E-state index contributed by atoms with van der Waals surface area (Å²) in [5.41, 5.74) is 0.815. The van der Waals surface area contributed by atoms with E-state index in [-0.39, 0.29) is 0 Å². The predicted octanol–water partition coefficient (Wildman–Crippen LogP) is 4.24. The largest absolute Gasteiger partial charge is 0.487 e. The highest BCUT2D eigenvalue weighted by Gasteiger charge is 2.13. The van der Waals surface area contributed by atoms with Crippen LogP contribution in [0.4, 0.5) is 0 Å². The number of aromatic nitrogens is 1. The average molecular weight is 299 g/mol. The number of hydrogen-bond acceptors (Lipinski definition) is 4. The molecule has 2 aromatic carbocycles. The lowest BCUT2D eigenvalue weighted by molar-refractivity contribution is 0.191. The Balaban J connectivity index is 1.99. The Hall–Kier alpha value is -1.91. The van der Waals surface area contributed by atoms with Crippen molar-refractivity contribution in [2.45, 2.75) is 26.6 Å². The van der Waals surface area contributed by atoms with Crippen molar-refractivity contribution in [1.82, 2.24) is 4.98 Å². The van der Waals surface area contributed by atoms with Crippen LogP contribution in [0.3, 0.4) is 0 Å². The molecule has 0 aliphatic rings. The lowest BCUT2D eigenvalue weighted by Crippen LogP contribution is -2.01. The number of hydrogen-bond donors (Lipinski definition) is 1. The first-order valence-corrected chi connectivity index (χ1v) is 7.70. The molecule has 1 aromatic heterocycles. The molecule has 3 aromatic rings. The van der Waals surface area contributed by atoms with Crippen LogP contribution in [0.2, 0.25) is 0 Å². The Morgan fingerprint density at radius 2 is 2.05 bits per heavy atom. The molecule has 0 aliphatic carbocycles. The van der Waals surface area contributed by atoms with Gasteiger partial charge in [-0.25, -0.2) is 4.98 Å². The number of ether oxygens (including phenoxy) is 1. The quantitative estimate of drug-likeness (QED) is 0.783. The second kappa shape index (κ2) is 5.84. The first-order valence-electron chi connectivity index (χ1n) is 6.89. The third kappa shape index (κ3) is 2.91. The summed E-state index contributed by atoms with van der Waals surface area (Å²) >= 11 is 1.63. The lowest BCUT2D eigenvalue weighted by atomic mass is 10.0. The van der Waals surface area contributed by atoms with E-state index in [2.05, 4.69) is 4.98 Å². The van der Waals surface area contributed by atoms with Crippen molar-refractivity contribution in [2.24, 2.45) is 0 Å². The van der Waals surface area contributed by atoms with E-state index in [9.17, 15) is 5.11 Å². The van der Waals surface area contributed by atoms with E-state index in [1.54, 1.807) is 18.3 Å². The van der Waals surface area contributed by atoms with Gasteiger partial charge in [0, 0.05) is 17.1 Å².